The van der Waals surface area contributed by atoms with Gasteiger partial charge in [0.15, 0.2) is 0 Å². The van der Waals surface area contributed by atoms with Crippen LogP contribution in [-0.4, -0.2) is 11.7 Å². The Morgan fingerprint density at radius 1 is 1.38 bits per heavy atom. The molecule has 0 aliphatic heterocycles. The van der Waals surface area contributed by atoms with Gasteiger partial charge in [-0.2, -0.15) is 0 Å². The van der Waals surface area contributed by atoms with Crippen LogP contribution in [0.3, 0.4) is 0 Å². The number of carbonyl (C=O) groups excluding carboxylic acids is 1. The van der Waals surface area contributed by atoms with Crippen LogP contribution in [0.1, 0.15) is 26.3 Å². The average molecular weight is 242 g/mol. The topological polar surface area (TPSA) is 38.3 Å². The Labute approximate surface area is 101 Å². The minimum absolute atomic E-state index is 0.370. The second-order valence-corrected chi connectivity index (χ2v) is 4.85. The summed E-state index contributed by atoms with van der Waals surface area (Å²) in [6.45, 7) is 5.83. The Morgan fingerprint density at radius 2 is 2.00 bits per heavy atom. The van der Waals surface area contributed by atoms with Crippen molar-refractivity contribution in [3.8, 4) is 0 Å². The van der Waals surface area contributed by atoms with E-state index in [1.807, 2.05) is 39.0 Å². The molecular weight excluding hydrogens is 226 g/mol. The van der Waals surface area contributed by atoms with E-state index < -0.39 is 11.7 Å². The first-order valence-corrected chi connectivity index (χ1v) is 5.46. The van der Waals surface area contributed by atoms with Gasteiger partial charge in [-0.1, -0.05) is 29.8 Å². The fourth-order valence-electron chi connectivity index (χ4n) is 1.12. The smallest absolute Gasteiger partial charge is 0.407 e. The van der Waals surface area contributed by atoms with Crippen molar-refractivity contribution in [3.63, 3.8) is 0 Å². The monoisotopic (exact) mass is 241 g/mol. The molecule has 1 rings (SSSR count). The maximum Gasteiger partial charge on any atom is 0.407 e. The van der Waals surface area contributed by atoms with E-state index in [0.717, 1.165) is 5.56 Å². The van der Waals surface area contributed by atoms with E-state index in [0.29, 0.717) is 11.6 Å². The molecule has 4 heteroatoms. The van der Waals surface area contributed by atoms with Crippen LogP contribution in [0.15, 0.2) is 24.3 Å². The predicted octanol–water partition coefficient (Wildman–Crippen LogP) is 3.36. The van der Waals surface area contributed by atoms with Crippen molar-refractivity contribution in [1.29, 1.82) is 0 Å². The molecule has 16 heavy (non-hydrogen) atoms. The third-order valence-electron chi connectivity index (χ3n) is 1.78. The number of rotatable bonds is 2. The van der Waals surface area contributed by atoms with Crippen molar-refractivity contribution < 1.29 is 9.53 Å². The molecule has 0 atom stereocenters. The lowest BCUT2D eigenvalue weighted by Crippen LogP contribution is -2.32. The quantitative estimate of drug-likeness (QED) is 0.862. The lowest BCUT2D eigenvalue weighted by atomic mass is 10.2. The molecule has 3 nitrogen and oxygen atoms in total. The highest BCUT2D eigenvalue weighted by molar-refractivity contribution is 6.31. The van der Waals surface area contributed by atoms with Crippen molar-refractivity contribution >= 4 is 17.7 Å². The Balaban J connectivity index is 2.47. The van der Waals surface area contributed by atoms with E-state index in [-0.39, 0.29) is 0 Å². The molecule has 0 aliphatic carbocycles. The van der Waals surface area contributed by atoms with Crippen molar-refractivity contribution in [2.24, 2.45) is 0 Å². The van der Waals surface area contributed by atoms with E-state index in [4.69, 9.17) is 16.3 Å². The summed E-state index contributed by atoms with van der Waals surface area (Å²) < 4.78 is 5.11. The number of carbonyl (C=O) groups is 1. The molecule has 1 aromatic carbocycles. The minimum atomic E-state index is -0.482. The summed E-state index contributed by atoms with van der Waals surface area (Å²) in [5, 5.41) is 3.29. The Morgan fingerprint density at radius 3 is 2.56 bits per heavy atom. The van der Waals surface area contributed by atoms with Gasteiger partial charge in [0.2, 0.25) is 0 Å². The first kappa shape index (κ1) is 12.8. The number of alkyl carbamates (subject to hydrolysis) is 1. The molecule has 0 saturated carbocycles. The third-order valence-corrected chi connectivity index (χ3v) is 2.15. The van der Waals surface area contributed by atoms with Crippen LogP contribution in [0.5, 0.6) is 0 Å². The van der Waals surface area contributed by atoms with Crippen LogP contribution < -0.4 is 5.32 Å². The van der Waals surface area contributed by atoms with E-state index >= 15 is 0 Å². The highest BCUT2D eigenvalue weighted by atomic mass is 35.5. The molecule has 0 aromatic heterocycles. The van der Waals surface area contributed by atoms with Crippen molar-refractivity contribution in [2.45, 2.75) is 32.9 Å². The van der Waals surface area contributed by atoms with Crippen molar-refractivity contribution in [2.75, 3.05) is 0 Å². The fourth-order valence-corrected chi connectivity index (χ4v) is 1.33. The molecule has 0 spiro atoms. The Bertz CT molecular complexity index is 372. The summed E-state index contributed by atoms with van der Waals surface area (Å²) >= 11 is 5.95. The summed E-state index contributed by atoms with van der Waals surface area (Å²) in [5.74, 6) is 0. The molecule has 1 amide bonds. The van der Waals surface area contributed by atoms with Crippen LogP contribution in [0, 0.1) is 0 Å². The number of benzene rings is 1. The number of ether oxygens (including phenoxy) is 1. The lowest BCUT2D eigenvalue weighted by Gasteiger charge is -2.19. The zero-order valence-electron chi connectivity index (χ0n) is 9.71. The second kappa shape index (κ2) is 5.21. The molecule has 0 radical (unpaired) electrons. The zero-order valence-corrected chi connectivity index (χ0v) is 10.5. The van der Waals surface area contributed by atoms with Gasteiger partial charge in [0.1, 0.15) is 5.60 Å². The third kappa shape index (κ3) is 4.53. The fraction of sp³-hybridized carbons (Fsp3) is 0.417. The van der Waals surface area contributed by atoms with E-state index in [1.54, 1.807) is 6.07 Å². The highest BCUT2D eigenvalue weighted by Crippen LogP contribution is 2.14. The molecule has 0 unspecified atom stereocenters. The molecule has 0 heterocycles. The summed E-state index contributed by atoms with van der Waals surface area (Å²) in [6, 6.07) is 7.37. The summed E-state index contributed by atoms with van der Waals surface area (Å²) in [6.07, 6.45) is -0.438. The average Bonchev–Trinajstić information content (AvgIpc) is 2.14. The second-order valence-electron chi connectivity index (χ2n) is 4.45. The molecule has 1 N–H and O–H groups in total. The molecule has 1 aromatic rings. The van der Waals surface area contributed by atoms with Gasteiger partial charge in [0, 0.05) is 11.6 Å². The van der Waals surface area contributed by atoms with Crippen LogP contribution in [0.4, 0.5) is 4.79 Å². The molecular formula is C12H16ClNO2. The number of hydrogen-bond donors (Lipinski definition) is 1. The summed E-state index contributed by atoms with van der Waals surface area (Å²) in [4.78, 5) is 11.4. The maximum absolute atomic E-state index is 11.4. The number of hydrogen-bond acceptors (Lipinski definition) is 2. The van der Waals surface area contributed by atoms with Crippen LogP contribution in [-0.2, 0) is 11.3 Å². The van der Waals surface area contributed by atoms with Gasteiger partial charge in [-0.25, -0.2) is 4.79 Å². The van der Waals surface area contributed by atoms with Gasteiger partial charge in [0.05, 0.1) is 0 Å². The molecule has 0 aliphatic rings. The largest absolute Gasteiger partial charge is 0.444 e. The van der Waals surface area contributed by atoms with Gasteiger partial charge in [-0.3, -0.25) is 0 Å². The standard InChI is InChI=1S/C12H16ClNO2/c1-12(2,3)16-11(15)14-8-9-6-4-5-7-10(9)13/h4-7H,8H2,1-3H3,(H,14,15). The van der Waals surface area contributed by atoms with E-state index in [9.17, 15) is 4.79 Å². The van der Waals surface area contributed by atoms with Crippen LogP contribution in [0.25, 0.3) is 0 Å². The SMILES string of the molecule is CC(C)(C)OC(=O)NCc1ccccc1Cl. The van der Waals surface area contributed by atoms with Crippen LogP contribution >= 0.6 is 11.6 Å². The van der Waals surface area contributed by atoms with Gasteiger partial charge < -0.3 is 10.1 Å². The minimum Gasteiger partial charge on any atom is -0.444 e. The maximum atomic E-state index is 11.4. The first-order valence-electron chi connectivity index (χ1n) is 5.09. The van der Waals surface area contributed by atoms with Crippen molar-refractivity contribution in [1.82, 2.24) is 5.32 Å². The predicted molar refractivity (Wildman–Crippen MR) is 64.5 cm³/mol. The van der Waals surface area contributed by atoms with Gasteiger partial charge >= 0.3 is 6.09 Å². The normalized spacial score (nSPS) is 11.0. The van der Waals surface area contributed by atoms with E-state index in [2.05, 4.69) is 5.32 Å². The van der Waals surface area contributed by atoms with Gasteiger partial charge in [-0.05, 0) is 32.4 Å². The van der Waals surface area contributed by atoms with Gasteiger partial charge in [-0.15, -0.1) is 0 Å². The van der Waals surface area contributed by atoms with Gasteiger partial charge in [0.25, 0.3) is 0 Å². The molecule has 0 fully saturated rings. The molecule has 88 valence electrons. The molecule has 0 saturated heterocycles. The van der Waals surface area contributed by atoms with Crippen molar-refractivity contribution in [3.05, 3.63) is 34.9 Å². The molecule has 0 bridgehead atoms. The first-order chi connectivity index (χ1) is 7.38. The summed E-state index contributed by atoms with van der Waals surface area (Å²) in [5.41, 5.74) is 0.389. The van der Waals surface area contributed by atoms with Crippen LogP contribution in [0.2, 0.25) is 5.02 Å². The number of halogens is 1. The summed E-state index contributed by atoms with van der Waals surface area (Å²) in [7, 11) is 0. The lowest BCUT2D eigenvalue weighted by molar-refractivity contribution is 0.0523. The number of amides is 1. The highest BCUT2D eigenvalue weighted by Gasteiger charge is 2.15. The Hall–Kier alpha value is -1.22. The zero-order chi connectivity index (χ0) is 12.2. The Kier molecular flexibility index (Phi) is 4.19. The van der Waals surface area contributed by atoms with E-state index in [1.165, 1.54) is 0 Å². The number of nitrogens with one attached hydrogen (secondary N) is 1.